The third-order valence-electron chi connectivity index (χ3n) is 6.55. The molecule has 0 radical (unpaired) electrons. The minimum absolute atomic E-state index is 0.0300. The molecular weight excluding hydrogens is 514 g/mol. The predicted molar refractivity (Wildman–Crippen MR) is 156 cm³/mol. The summed E-state index contributed by atoms with van der Waals surface area (Å²) in [5.41, 5.74) is 3.87. The van der Waals surface area contributed by atoms with Gasteiger partial charge in [-0.15, -0.1) is 11.3 Å². The van der Waals surface area contributed by atoms with Crippen LogP contribution in [0.15, 0.2) is 53.9 Å². The smallest absolute Gasteiger partial charge is 0.322 e. The summed E-state index contributed by atoms with van der Waals surface area (Å²) < 4.78 is 16.0. The molecule has 0 aliphatic heterocycles. The molecule has 0 bridgehead atoms. The van der Waals surface area contributed by atoms with Crippen molar-refractivity contribution in [2.45, 2.75) is 33.2 Å². The highest BCUT2D eigenvalue weighted by Crippen LogP contribution is 2.28. The number of methoxy groups -OCH3 is 3. The molecule has 0 saturated carbocycles. The second kappa shape index (κ2) is 15.1. The number of thiophene rings is 1. The topological polar surface area (TPSA) is 80.3 Å². The van der Waals surface area contributed by atoms with Crippen molar-refractivity contribution >= 4 is 29.0 Å². The first-order chi connectivity index (χ1) is 18.9. The molecule has 1 heterocycles. The van der Waals surface area contributed by atoms with E-state index in [0.717, 1.165) is 27.3 Å². The number of para-hydroxylation sites is 1. The number of carbonyl (C=O) groups is 2. The molecule has 0 atom stereocenters. The number of ether oxygens (including phenoxy) is 3. The Balaban J connectivity index is 1.77. The zero-order valence-electron chi connectivity index (χ0n) is 23.5. The zero-order chi connectivity index (χ0) is 28.2. The fourth-order valence-electron chi connectivity index (χ4n) is 4.15. The van der Waals surface area contributed by atoms with Crippen molar-refractivity contribution in [1.82, 2.24) is 9.80 Å². The van der Waals surface area contributed by atoms with E-state index in [2.05, 4.69) is 18.3 Å². The number of nitrogens with one attached hydrogen (secondary N) is 1. The van der Waals surface area contributed by atoms with Crippen LogP contribution in [0.4, 0.5) is 10.5 Å². The molecule has 3 aromatic rings. The van der Waals surface area contributed by atoms with Crippen LogP contribution in [0.3, 0.4) is 0 Å². The fourth-order valence-corrected chi connectivity index (χ4v) is 5.08. The van der Waals surface area contributed by atoms with Crippen LogP contribution in [0.2, 0.25) is 0 Å². The van der Waals surface area contributed by atoms with Gasteiger partial charge in [0.15, 0.2) is 11.5 Å². The number of urea groups is 1. The van der Waals surface area contributed by atoms with Crippen LogP contribution in [-0.2, 0) is 22.5 Å². The SMILES string of the molecule is COCCCN(CC(=O)N(CCc1ccc(OC)c(OC)c1)Cc1sccc1C)C(=O)Nc1ccccc1C. The summed E-state index contributed by atoms with van der Waals surface area (Å²) in [5, 5.41) is 5.01. The largest absolute Gasteiger partial charge is 0.493 e. The first-order valence-electron chi connectivity index (χ1n) is 13.0. The maximum Gasteiger partial charge on any atom is 0.322 e. The average Bonchev–Trinajstić information content (AvgIpc) is 3.35. The minimum Gasteiger partial charge on any atom is -0.493 e. The first-order valence-corrected chi connectivity index (χ1v) is 13.9. The monoisotopic (exact) mass is 553 g/mol. The summed E-state index contributed by atoms with van der Waals surface area (Å²) in [6.07, 6.45) is 1.26. The molecule has 0 fully saturated rings. The number of anilines is 1. The molecule has 0 aliphatic carbocycles. The number of carbonyl (C=O) groups excluding carboxylic acids is 2. The summed E-state index contributed by atoms with van der Waals surface area (Å²) in [4.78, 5) is 31.5. The van der Waals surface area contributed by atoms with E-state index < -0.39 is 0 Å². The lowest BCUT2D eigenvalue weighted by molar-refractivity contribution is -0.132. The van der Waals surface area contributed by atoms with Crippen molar-refractivity contribution in [3.05, 3.63) is 75.5 Å². The van der Waals surface area contributed by atoms with E-state index in [-0.39, 0.29) is 18.5 Å². The van der Waals surface area contributed by atoms with Crippen LogP contribution in [0, 0.1) is 13.8 Å². The van der Waals surface area contributed by atoms with Crippen LogP contribution in [0.5, 0.6) is 11.5 Å². The Kier molecular flexibility index (Phi) is 11.6. The molecule has 3 rings (SSSR count). The highest BCUT2D eigenvalue weighted by atomic mass is 32.1. The average molecular weight is 554 g/mol. The molecule has 2 aromatic carbocycles. The molecular formula is C30H39N3O5S. The fraction of sp³-hybridized carbons (Fsp3) is 0.400. The maximum absolute atomic E-state index is 13.7. The van der Waals surface area contributed by atoms with Crippen molar-refractivity contribution < 1.29 is 23.8 Å². The molecule has 1 N–H and O–H groups in total. The number of aryl methyl sites for hydroxylation is 2. The molecule has 0 spiro atoms. The Morgan fingerprint density at radius 2 is 1.67 bits per heavy atom. The zero-order valence-corrected chi connectivity index (χ0v) is 24.3. The van der Waals surface area contributed by atoms with Crippen LogP contribution in [0.1, 0.15) is 28.0 Å². The van der Waals surface area contributed by atoms with Crippen molar-refractivity contribution in [2.24, 2.45) is 0 Å². The lowest BCUT2D eigenvalue weighted by atomic mass is 10.1. The Morgan fingerprint density at radius 1 is 0.897 bits per heavy atom. The molecule has 3 amide bonds. The maximum atomic E-state index is 13.7. The van der Waals surface area contributed by atoms with Gasteiger partial charge in [0, 0.05) is 37.4 Å². The molecule has 0 unspecified atom stereocenters. The summed E-state index contributed by atoms with van der Waals surface area (Å²) in [5.74, 6) is 1.20. The van der Waals surface area contributed by atoms with Crippen LogP contribution < -0.4 is 14.8 Å². The third kappa shape index (κ3) is 8.73. The van der Waals surface area contributed by atoms with Gasteiger partial charge in [-0.25, -0.2) is 4.79 Å². The van der Waals surface area contributed by atoms with Crippen LogP contribution >= 0.6 is 11.3 Å². The highest BCUT2D eigenvalue weighted by Gasteiger charge is 2.23. The van der Waals surface area contributed by atoms with E-state index in [1.165, 1.54) is 0 Å². The van der Waals surface area contributed by atoms with Crippen molar-refractivity contribution in [3.8, 4) is 11.5 Å². The molecule has 9 heteroatoms. The minimum atomic E-state index is -0.305. The van der Waals surface area contributed by atoms with E-state index in [9.17, 15) is 9.59 Å². The number of rotatable bonds is 14. The molecule has 210 valence electrons. The molecule has 0 saturated heterocycles. The standard InChI is InChI=1S/C30H39N3O5S/c1-22-9-6-7-10-25(22)31-30(35)33(15-8-17-36-3)21-29(34)32(20-28-23(2)14-18-39-28)16-13-24-11-12-26(37-4)27(19-24)38-5/h6-7,9-12,14,18-19H,8,13,15-17,20-21H2,1-5H3,(H,31,35). The van der Waals surface area contributed by atoms with Gasteiger partial charge in [0.1, 0.15) is 6.54 Å². The Morgan fingerprint density at radius 3 is 2.33 bits per heavy atom. The van der Waals surface area contributed by atoms with E-state index in [1.54, 1.807) is 37.6 Å². The van der Waals surface area contributed by atoms with Gasteiger partial charge in [0.25, 0.3) is 0 Å². The lowest BCUT2D eigenvalue weighted by Crippen LogP contribution is -2.45. The van der Waals surface area contributed by atoms with Crippen molar-refractivity contribution in [2.75, 3.05) is 52.9 Å². The number of hydrogen-bond acceptors (Lipinski definition) is 6. The van der Waals surface area contributed by atoms with Gasteiger partial charge in [-0.05, 0) is 73.0 Å². The summed E-state index contributed by atoms with van der Waals surface area (Å²) >= 11 is 1.63. The van der Waals surface area contributed by atoms with E-state index >= 15 is 0 Å². The van der Waals surface area contributed by atoms with Gasteiger partial charge in [0.05, 0.1) is 20.8 Å². The number of hydrogen-bond donors (Lipinski definition) is 1. The van der Waals surface area contributed by atoms with E-state index in [1.807, 2.05) is 59.7 Å². The molecule has 39 heavy (non-hydrogen) atoms. The lowest BCUT2D eigenvalue weighted by Gasteiger charge is -2.28. The summed E-state index contributed by atoms with van der Waals surface area (Å²) in [7, 11) is 4.84. The van der Waals surface area contributed by atoms with Crippen LogP contribution in [-0.4, -0.2) is 69.3 Å². The van der Waals surface area contributed by atoms with Gasteiger partial charge in [-0.1, -0.05) is 24.3 Å². The van der Waals surface area contributed by atoms with Gasteiger partial charge >= 0.3 is 6.03 Å². The van der Waals surface area contributed by atoms with E-state index in [0.29, 0.717) is 50.6 Å². The first kappa shape index (κ1) is 30.0. The number of nitrogens with zero attached hydrogens (tertiary/aromatic N) is 2. The summed E-state index contributed by atoms with van der Waals surface area (Å²) in [6, 6.07) is 15.1. The quantitative estimate of drug-likeness (QED) is 0.266. The second-order valence-corrected chi connectivity index (χ2v) is 10.3. The molecule has 0 aliphatic rings. The second-order valence-electron chi connectivity index (χ2n) is 9.29. The Hall–Kier alpha value is -3.56. The predicted octanol–water partition coefficient (Wildman–Crippen LogP) is 5.52. The van der Waals surface area contributed by atoms with Crippen molar-refractivity contribution in [1.29, 1.82) is 0 Å². The molecule has 1 aromatic heterocycles. The van der Waals surface area contributed by atoms with E-state index in [4.69, 9.17) is 14.2 Å². The van der Waals surface area contributed by atoms with Gasteiger partial charge in [0.2, 0.25) is 5.91 Å². The van der Waals surface area contributed by atoms with Crippen LogP contribution in [0.25, 0.3) is 0 Å². The molecule has 8 nitrogen and oxygen atoms in total. The van der Waals surface area contributed by atoms with Crippen molar-refractivity contribution in [3.63, 3.8) is 0 Å². The summed E-state index contributed by atoms with van der Waals surface area (Å²) in [6.45, 7) is 5.85. The highest BCUT2D eigenvalue weighted by molar-refractivity contribution is 7.10. The Labute approximate surface area is 235 Å². The third-order valence-corrected chi connectivity index (χ3v) is 7.56. The Bertz CT molecular complexity index is 1230. The number of benzene rings is 2. The number of amides is 3. The van der Waals surface area contributed by atoms with Gasteiger partial charge < -0.3 is 29.3 Å². The van der Waals surface area contributed by atoms with Gasteiger partial charge in [-0.2, -0.15) is 0 Å². The normalized spacial score (nSPS) is 10.7. The van der Waals surface area contributed by atoms with Gasteiger partial charge in [-0.3, -0.25) is 4.79 Å².